The zero-order chi connectivity index (χ0) is 25.3. The molecule has 0 unspecified atom stereocenters. The number of nitrogens with zero attached hydrogens (tertiary/aromatic N) is 1. The predicted octanol–water partition coefficient (Wildman–Crippen LogP) is 0.708. The second kappa shape index (κ2) is 12.9. The van der Waals surface area contributed by atoms with Crippen LogP contribution in [0, 0.1) is 5.92 Å². The summed E-state index contributed by atoms with van der Waals surface area (Å²) in [6.45, 7) is 6.25. The van der Waals surface area contributed by atoms with Crippen molar-refractivity contribution in [2.75, 3.05) is 33.9 Å². The first-order valence-electron chi connectivity index (χ1n) is 11.5. The smallest absolute Gasteiger partial charge is 0.255 e. The number of carbonyl (C=O) groups excluding carboxylic acids is 4. The molecule has 0 saturated carbocycles. The summed E-state index contributed by atoms with van der Waals surface area (Å²) in [6, 6.07) is 4.65. The normalized spacial score (nSPS) is 22.3. The first-order chi connectivity index (χ1) is 16.1. The van der Waals surface area contributed by atoms with Crippen molar-refractivity contribution in [3.8, 4) is 5.75 Å². The maximum Gasteiger partial charge on any atom is 0.255 e. The number of rotatable bonds is 5. The third-order valence-corrected chi connectivity index (χ3v) is 5.55. The van der Waals surface area contributed by atoms with E-state index in [1.54, 1.807) is 38.2 Å². The molecule has 10 nitrogen and oxygen atoms in total. The number of nitrogens with one attached hydrogen (secondary N) is 3. The summed E-state index contributed by atoms with van der Waals surface area (Å²) < 4.78 is 10.9. The molecule has 0 bridgehead atoms. The van der Waals surface area contributed by atoms with Gasteiger partial charge in [0.15, 0.2) is 0 Å². The van der Waals surface area contributed by atoms with Gasteiger partial charge in [0, 0.05) is 27.1 Å². The van der Waals surface area contributed by atoms with Gasteiger partial charge in [-0.1, -0.05) is 26.0 Å². The van der Waals surface area contributed by atoms with Crippen molar-refractivity contribution >= 4 is 23.6 Å². The van der Waals surface area contributed by atoms with Gasteiger partial charge in [-0.3, -0.25) is 19.2 Å². The first-order valence-corrected chi connectivity index (χ1v) is 11.5. The molecule has 1 aliphatic rings. The number of amides is 4. The molecule has 0 spiro atoms. The van der Waals surface area contributed by atoms with E-state index in [1.807, 2.05) is 13.8 Å². The monoisotopic (exact) mass is 476 g/mol. The summed E-state index contributed by atoms with van der Waals surface area (Å²) in [4.78, 5) is 53.1. The second-order valence-corrected chi connectivity index (χ2v) is 8.82. The standard InChI is InChI=1S/C24H36N4O6/c1-15(2)21-23(31)25-16(3)14-34-19-9-7-6-8-17(19)22(30)26-18(10-11-20(29)27-21)24(32)28(4)12-13-33-5/h6-9,15-16,18,21H,10-14H2,1-5H3,(H,25,31)(H,26,30)(H,27,29)/t16-,18-,21+/m0/s1. The fraction of sp³-hybridized carbons (Fsp3) is 0.583. The van der Waals surface area contributed by atoms with Crippen molar-refractivity contribution < 1.29 is 28.7 Å². The van der Waals surface area contributed by atoms with Crippen LogP contribution in [0.1, 0.15) is 44.0 Å². The van der Waals surface area contributed by atoms with Gasteiger partial charge in [0.25, 0.3) is 5.91 Å². The fourth-order valence-corrected chi connectivity index (χ4v) is 3.52. The van der Waals surface area contributed by atoms with Crippen LogP contribution < -0.4 is 20.7 Å². The molecule has 4 amide bonds. The van der Waals surface area contributed by atoms with Gasteiger partial charge in [0.2, 0.25) is 17.7 Å². The van der Waals surface area contributed by atoms with Gasteiger partial charge >= 0.3 is 0 Å². The average Bonchev–Trinajstić information content (AvgIpc) is 2.81. The highest BCUT2D eigenvalue weighted by Gasteiger charge is 2.29. The highest BCUT2D eigenvalue weighted by molar-refractivity contribution is 5.99. The van der Waals surface area contributed by atoms with Crippen LogP contribution in [-0.2, 0) is 19.1 Å². The Morgan fingerprint density at radius 1 is 1.18 bits per heavy atom. The SMILES string of the molecule is COCCN(C)C(=O)[C@@H]1CCC(=O)N[C@H](C(C)C)C(=O)N[C@@H](C)COc2ccccc2C(=O)N1. The zero-order valence-corrected chi connectivity index (χ0v) is 20.6. The molecule has 3 atom stereocenters. The number of fused-ring (bicyclic) bond motifs is 1. The average molecular weight is 477 g/mol. The van der Waals surface area contributed by atoms with E-state index in [1.165, 1.54) is 12.0 Å². The van der Waals surface area contributed by atoms with Gasteiger partial charge in [-0.25, -0.2) is 0 Å². The van der Waals surface area contributed by atoms with Gasteiger partial charge in [0.1, 0.15) is 24.4 Å². The number of ether oxygens (including phenoxy) is 2. The minimum Gasteiger partial charge on any atom is -0.491 e. The third kappa shape index (κ3) is 7.72. The number of hydrogen-bond donors (Lipinski definition) is 3. The van der Waals surface area contributed by atoms with Gasteiger partial charge in [0.05, 0.1) is 18.2 Å². The molecule has 0 aliphatic carbocycles. The van der Waals surface area contributed by atoms with Crippen LogP contribution in [0.15, 0.2) is 24.3 Å². The van der Waals surface area contributed by atoms with Crippen LogP contribution in [0.25, 0.3) is 0 Å². The number of hydrogen-bond acceptors (Lipinski definition) is 6. The molecule has 34 heavy (non-hydrogen) atoms. The molecule has 1 aliphatic heterocycles. The largest absolute Gasteiger partial charge is 0.491 e. The maximum absolute atomic E-state index is 13.1. The van der Waals surface area contributed by atoms with Gasteiger partial charge in [-0.2, -0.15) is 0 Å². The fourth-order valence-electron chi connectivity index (χ4n) is 3.52. The maximum atomic E-state index is 13.1. The molecule has 1 heterocycles. The summed E-state index contributed by atoms with van der Waals surface area (Å²) in [5.74, 6) is -1.33. The third-order valence-electron chi connectivity index (χ3n) is 5.55. The molecular formula is C24H36N4O6. The van der Waals surface area contributed by atoms with E-state index < -0.39 is 18.0 Å². The zero-order valence-electron chi connectivity index (χ0n) is 20.6. The molecular weight excluding hydrogens is 440 g/mol. The van der Waals surface area contributed by atoms with E-state index in [0.717, 1.165) is 0 Å². The molecule has 0 aromatic heterocycles. The Bertz CT molecular complexity index is 875. The Balaban J connectivity index is 2.35. The van der Waals surface area contributed by atoms with Crippen molar-refractivity contribution in [1.29, 1.82) is 0 Å². The summed E-state index contributed by atoms with van der Waals surface area (Å²) in [7, 11) is 3.15. The molecule has 0 radical (unpaired) electrons. The quantitative estimate of drug-likeness (QED) is 0.575. The molecule has 1 aromatic rings. The van der Waals surface area contributed by atoms with Crippen molar-refractivity contribution in [3.05, 3.63) is 29.8 Å². The predicted molar refractivity (Wildman–Crippen MR) is 126 cm³/mol. The van der Waals surface area contributed by atoms with E-state index in [9.17, 15) is 19.2 Å². The van der Waals surface area contributed by atoms with Crippen LogP contribution in [-0.4, -0.2) is 80.6 Å². The van der Waals surface area contributed by atoms with E-state index in [-0.39, 0.29) is 54.7 Å². The Hall–Kier alpha value is -3.14. The van der Waals surface area contributed by atoms with Crippen LogP contribution in [0.5, 0.6) is 5.75 Å². The lowest BCUT2D eigenvalue weighted by molar-refractivity contribution is -0.133. The summed E-state index contributed by atoms with van der Waals surface area (Å²) in [6.07, 6.45) is 0.0264. The van der Waals surface area contributed by atoms with Gasteiger partial charge < -0.3 is 30.3 Å². The molecule has 2 rings (SSSR count). The van der Waals surface area contributed by atoms with Crippen LogP contribution in [0.2, 0.25) is 0 Å². The molecule has 1 aromatic carbocycles. The van der Waals surface area contributed by atoms with E-state index in [4.69, 9.17) is 9.47 Å². The van der Waals surface area contributed by atoms with Gasteiger partial charge in [-0.05, 0) is 31.4 Å². The van der Waals surface area contributed by atoms with Crippen molar-refractivity contribution in [2.45, 2.75) is 51.7 Å². The highest BCUT2D eigenvalue weighted by atomic mass is 16.5. The van der Waals surface area contributed by atoms with E-state index in [2.05, 4.69) is 16.0 Å². The highest BCUT2D eigenvalue weighted by Crippen LogP contribution is 2.19. The number of para-hydroxylation sites is 1. The van der Waals surface area contributed by atoms with Gasteiger partial charge in [-0.15, -0.1) is 0 Å². The van der Waals surface area contributed by atoms with Crippen molar-refractivity contribution in [1.82, 2.24) is 20.9 Å². The summed E-state index contributed by atoms with van der Waals surface area (Å²) in [5.41, 5.74) is 0.262. The minimum atomic E-state index is -0.941. The lowest BCUT2D eigenvalue weighted by Gasteiger charge is -2.25. The lowest BCUT2D eigenvalue weighted by Crippen LogP contribution is -2.53. The second-order valence-electron chi connectivity index (χ2n) is 8.82. The summed E-state index contributed by atoms with van der Waals surface area (Å²) >= 11 is 0. The topological polar surface area (TPSA) is 126 Å². The Labute approximate surface area is 200 Å². The van der Waals surface area contributed by atoms with Crippen LogP contribution in [0.4, 0.5) is 0 Å². The number of methoxy groups -OCH3 is 1. The molecule has 0 saturated heterocycles. The minimum absolute atomic E-state index is 0.0427. The van der Waals surface area contributed by atoms with Crippen molar-refractivity contribution in [2.24, 2.45) is 5.92 Å². The summed E-state index contributed by atoms with van der Waals surface area (Å²) in [5, 5.41) is 8.37. The number of benzene rings is 1. The van der Waals surface area contributed by atoms with Crippen molar-refractivity contribution in [3.63, 3.8) is 0 Å². The molecule has 10 heteroatoms. The van der Waals surface area contributed by atoms with E-state index in [0.29, 0.717) is 18.9 Å². The van der Waals surface area contributed by atoms with Crippen LogP contribution >= 0.6 is 0 Å². The lowest BCUT2D eigenvalue weighted by atomic mass is 10.0. The van der Waals surface area contributed by atoms with E-state index >= 15 is 0 Å². The first kappa shape index (κ1) is 27.1. The van der Waals surface area contributed by atoms with Crippen LogP contribution in [0.3, 0.4) is 0 Å². The number of carbonyl (C=O) groups is 4. The molecule has 0 fully saturated rings. The molecule has 188 valence electrons. The Kier molecular flexibility index (Phi) is 10.3. The Morgan fingerprint density at radius 2 is 1.88 bits per heavy atom. The molecule has 3 N–H and O–H groups in total. The number of likely N-dealkylation sites (N-methyl/N-ethyl adjacent to an activating group) is 1. The Morgan fingerprint density at radius 3 is 2.56 bits per heavy atom.